The first-order valence-electron chi connectivity index (χ1n) is 11.0. The van der Waals surface area contributed by atoms with Gasteiger partial charge >= 0.3 is 0 Å². The van der Waals surface area contributed by atoms with E-state index in [-0.39, 0.29) is 17.8 Å². The molecule has 0 aliphatic heterocycles. The number of halogens is 1. The zero-order chi connectivity index (χ0) is 24.4. The van der Waals surface area contributed by atoms with E-state index in [2.05, 4.69) is 20.5 Å². The van der Waals surface area contributed by atoms with E-state index >= 15 is 0 Å². The van der Waals surface area contributed by atoms with Gasteiger partial charge in [-0.3, -0.25) is 4.79 Å². The van der Waals surface area contributed by atoms with Crippen LogP contribution in [-0.2, 0) is 0 Å². The fraction of sp³-hybridized carbons (Fsp3) is 0.231. The molecule has 2 aromatic heterocycles. The van der Waals surface area contributed by atoms with Gasteiger partial charge in [-0.15, -0.1) is 10.2 Å². The van der Waals surface area contributed by atoms with Crippen molar-refractivity contribution in [2.24, 2.45) is 0 Å². The molecular formula is C26H27FN6O. The Hall–Kier alpha value is -4.07. The van der Waals surface area contributed by atoms with E-state index in [9.17, 15) is 9.18 Å². The topological polar surface area (TPSA) is 75.9 Å². The summed E-state index contributed by atoms with van der Waals surface area (Å²) in [5, 5.41) is 12.0. The summed E-state index contributed by atoms with van der Waals surface area (Å²) >= 11 is 0. The standard InChI is InChI=1S/C26H27FN6O/c1-16-12-20(8-11-24(16)33-14-17(2)28-15-33)23-13-22(26(34)32(4)5)25(31-30-23)29-18(3)19-6-9-21(27)10-7-19/h6-15,18H,1-5H3,(H,29,31). The average Bonchev–Trinajstić information content (AvgIpc) is 3.25. The van der Waals surface area contributed by atoms with Crippen LogP contribution in [0.15, 0.2) is 61.1 Å². The quantitative estimate of drug-likeness (QED) is 0.442. The fourth-order valence-electron chi connectivity index (χ4n) is 3.74. The Morgan fingerprint density at radius 1 is 1.06 bits per heavy atom. The predicted molar refractivity (Wildman–Crippen MR) is 131 cm³/mol. The zero-order valence-corrected chi connectivity index (χ0v) is 19.9. The lowest BCUT2D eigenvalue weighted by Gasteiger charge is -2.19. The smallest absolute Gasteiger partial charge is 0.257 e. The maximum atomic E-state index is 13.3. The van der Waals surface area contributed by atoms with E-state index < -0.39 is 0 Å². The largest absolute Gasteiger partial charge is 0.361 e. The van der Waals surface area contributed by atoms with E-state index in [0.29, 0.717) is 17.1 Å². The summed E-state index contributed by atoms with van der Waals surface area (Å²) in [6.07, 6.45) is 3.76. The van der Waals surface area contributed by atoms with Crippen LogP contribution in [0.5, 0.6) is 0 Å². The lowest BCUT2D eigenvalue weighted by Crippen LogP contribution is -2.24. The van der Waals surface area contributed by atoms with Crippen molar-refractivity contribution in [1.29, 1.82) is 0 Å². The van der Waals surface area contributed by atoms with Crippen molar-refractivity contribution in [2.75, 3.05) is 19.4 Å². The molecule has 0 bridgehead atoms. The summed E-state index contributed by atoms with van der Waals surface area (Å²) in [6.45, 7) is 5.89. The molecule has 1 N–H and O–H groups in total. The maximum absolute atomic E-state index is 13.3. The number of nitrogens with one attached hydrogen (secondary N) is 1. The number of hydrogen-bond donors (Lipinski definition) is 1. The van der Waals surface area contributed by atoms with Crippen molar-refractivity contribution < 1.29 is 9.18 Å². The van der Waals surface area contributed by atoms with Gasteiger partial charge in [0.15, 0.2) is 5.82 Å². The minimum atomic E-state index is -0.298. The van der Waals surface area contributed by atoms with Gasteiger partial charge in [-0.05, 0) is 62.2 Å². The van der Waals surface area contributed by atoms with Crippen molar-refractivity contribution in [3.05, 3.63) is 89.3 Å². The number of hydrogen-bond acceptors (Lipinski definition) is 5. The lowest BCUT2D eigenvalue weighted by molar-refractivity contribution is 0.0828. The van der Waals surface area contributed by atoms with Gasteiger partial charge in [-0.1, -0.05) is 18.2 Å². The summed E-state index contributed by atoms with van der Waals surface area (Å²) in [4.78, 5) is 18.8. The van der Waals surface area contributed by atoms with Crippen molar-refractivity contribution >= 4 is 11.7 Å². The first-order chi connectivity index (χ1) is 16.2. The Bertz CT molecular complexity index is 1330. The third-order valence-electron chi connectivity index (χ3n) is 5.64. The molecule has 2 heterocycles. The van der Waals surface area contributed by atoms with E-state index in [0.717, 1.165) is 28.1 Å². The molecular weight excluding hydrogens is 431 g/mol. The van der Waals surface area contributed by atoms with Crippen LogP contribution in [-0.4, -0.2) is 44.7 Å². The third kappa shape index (κ3) is 4.80. The van der Waals surface area contributed by atoms with Gasteiger partial charge in [-0.25, -0.2) is 9.37 Å². The molecule has 4 rings (SSSR count). The molecule has 1 amide bonds. The summed E-state index contributed by atoms with van der Waals surface area (Å²) in [7, 11) is 3.39. The second kappa shape index (κ2) is 9.43. The second-order valence-corrected chi connectivity index (χ2v) is 8.53. The van der Waals surface area contributed by atoms with E-state index in [1.807, 2.05) is 49.7 Å². The monoisotopic (exact) mass is 458 g/mol. The van der Waals surface area contributed by atoms with Gasteiger partial charge in [0.25, 0.3) is 5.91 Å². The molecule has 8 heteroatoms. The molecule has 2 aromatic carbocycles. The molecule has 7 nitrogen and oxygen atoms in total. The Morgan fingerprint density at radius 3 is 2.41 bits per heavy atom. The first kappa shape index (κ1) is 23.1. The summed E-state index contributed by atoms with van der Waals surface area (Å²) in [5.41, 5.74) is 5.75. The third-order valence-corrected chi connectivity index (χ3v) is 5.64. The first-order valence-corrected chi connectivity index (χ1v) is 11.0. The van der Waals surface area contributed by atoms with Crippen LogP contribution < -0.4 is 5.32 Å². The van der Waals surface area contributed by atoms with Gasteiger partial charge in [0.05, 0.1) is 29.3 Å². The Kier molecular flexibility index (Phi) is 6.40. The predicted octanol–water partition coefficient (Wildman–Crippen LogP) is 4.96. The Balaban J connectivity index is 1.68. The van der Waals surface area contributed by atoms with Crippen LogP contribution in [0, 0.1) is 19.7 Å². The minimum absolute atomic E-state index is 0.188. The van der Waals surface area contributed by atoms with Gasteiger partial charge in [0, 0.05) is 31.5 Å². The van der Waals surface area contributed by atoms with E-state index in [1.165, 1.54) is 17.0 Å². The van der Waals surface area contributed by atoms with Crippen molar-refractivity contribution in [1.82, 2.24) is 24.6 Å². The molecule has 174 valence electrons. The minimum Gasteiger partial charge on any atom is -0.361 e. The highest BCUT2D eigenvalue weighted by molar-refractivity contribution is 5.99. The Labute approximate surface area is 198 Å². The van der Waals surface area contributed by atoms with Crippen LogP contribution in [0.25, 0.3) is 16.9 Å². The highest BCUT2D eigenvalue weighted by atomic mass is 19.1. The van der Waals surface area contributed by atoms with Crippen LogP contribution in [0.1, 0.15) is 40.1 Å². The van der Waals surface area contributed by atoms with Gasteiger partial charge in [-0.2, -0.15) is 0 Å². The molecule has 0 saturated heterocycles. The molecule has 0 radical (unpaired) electrons. The van der Waals surface area contributed by atoms with Crippen LogP contribution >= 0.6 is 0 Å². The number of anilines is 1. The van der Waals surface area contributed by atoms with Crippen molar-refractivity contribution in [3.63, 3.8) is 0 Å². The van der Waals surface area contributed by atoms with Crippen molar-refractivity contribution in [3.8, 4) is 16.9 Å². The molecule has 1 atom stereocenters. The highest BCUT2D eigenvalue weighted by Gasteiger charge is 2.20. The molecule has 0 spiro atoms. The van der Waals surface area contributed by atoms with Crippen LogP contribution in [0.4, 0.5) is 10.2 Å². The molecule has 4 aromatic rings. The maximum Gasteiger partial charge on any atom is 0.257 e. The Morgan fingerprint density at radius 2 is 1.79 bits per heavy atom. The number of aromatic nitrogens is 4. The number of rotatable bonds is 6. The highest BCUT2D eigenvalue weighted by Crippen LogP contribution is 2.27. The molecule has 34 heavy (non-hydrogen) atoms. The number of aryl methyl sites for hydroxylation is 2. The average molecular weight is 459 g/mol. The van der Waals surface area contributed by atoms with E-state index in [4.69, 9.17) is 0 Å². The van der Waals surface area contributed by atoms with Gasteiger partial charge < -0.3 is 14.8 Å². The number of amides is 1. The number of carbonyl (C=O) groups excluding carboxylic acids is 1. The van der Waals surface area contributed by atoms with Crippen LogP contribution in [0.2, 0.25) is 0 Å². The second-order valence-electron chi connectivity index (χ2n) is 8.53. The van der Waals surface area contributed by atoms with E-state index in [1.54, 1.807) is 38.6 Å². The number of nitrogens with zero attached hydrogens (tertiary/aromatic N) is 5. The SMILES string of the molecule is Cc1cn(-c2ccc(-c3cc(C(=O)N(C)C)c(NC(C)c4ccc(F)cc4)nn3)cc2C)cn1. The number of imidazole rings is 1. The number of carbonyl (C=O) groups is 1. The normalized spacial score (nSPS) is 11.8. The van der Waals surface area contributed by atoms with Crippen LogP contribution in [0.3, 0.4) is 0 Å². The summed E-state index contributed by atoms with van der Waals surface area (Å²) in [5.74, 6) is -0.109. The van der Waals surface area contributed by atoms with Gasteiger partial charge in [0.2, 0.25) is 0 Å². The molecule has 0 aliphatic rings. The number of benzene rings is 2. The lowest BCUT2D eigenvalue weighted by atomic mass is 10.0. The summed E-state index contributed by atoms with van der Waals surface area (Å²) in [6, 6.07) is 13.8. The fourth-order valence-corrected chi connectivity index (χ4v) is 3.74. The molecule has 0 aliphatic carbocycles. The molecule has 0 saturated carbocycles. The van der Waals surface area contributed by atoms with Crippen molar-refractivity contribution in [2.45, 2.75) is 26.8 Å². The zero-order valence-electron chi connectivity index (χ0n) is 19.9. The van der Waals surface area contributed by atoms with Gasteiger partial charge in [0.1, 0.15) is 5.82 Å². The summed E-state index contributed by atoms with van der Waals surface area (Å²) < 4.78 is 15.3. The molecule has 1 unspecified atom stereocenters. The molecule has 0 fully saturated rings.